The minimum Gasteiger partial charge on any atom is -0.464 e. The number of amides is 5. The molecule has 2 aliphatic heterocycles. The van der Waals surface area contributed by atoms with Crippen LogP contribution in [-0.4, -0.2) is 135 Å². The summed E-state index contributed by atoms with van der Waals surface area (Å²) in [5.41, 5.74) is 0. The molecule has 210 valence electrons. The third-order valence-electron chi connectivity index (χ3n) is 4.17. The minimum atomic E-state index is -1.83. The topological polar surface area (TPSA) is 272 Å². The van der Waals surface area contributed by atoms with Crippen molar-refractivity contribution in [3.63, 3.8) is 0 Å². The molecule has 8 atom stereocenters. The maximum atomic E-state index is 10.8. The van der Waals surface area contributed by atoms with Crippen LogP contribution in [0.1, 0.15) is 6.92 Å². The smallest absolute Gasteiger partial charge is 0.338 e. The summed E-state index contributed by atoms with van der Waals surface area (Å²) >= 11 is 0. The second-order valence-corrected chi connectivity index (χ2v) is 6.53. The zero-order valence-corrected chi connectivity index (χ0v) is 22.6. The Balaban J connectivity index is -0.000000444. The fourth-order valence-corrected chi connectivity index (χ4v) is 2.14. The van der Waals surface area contributed by atoms with E-state index in [0.29, 0.717) is 4.90 Å². The van der Waals surface area contributed by atoms with Gasteiger partial charge in [0.1, 0.15) is 0 Å². The normalized spacial score (nSPS) is 24.4. The molecule has 2 saturated heterocycles. The quantitative estimate of drug-likeness (QED) is 0.0873. The summed E-state index contributed by atoms with van der Waals surface area (Å²) in [5.74, 6) is -4.86. The van der Waals surface area contributed by atoms with Crippen LogP contribution in [0.3, 0.4) is 0 Å². The first kappa shape index (κ1) is 38.2. The van der Waals surface area contributed by atoms with Gasteiger partial charge in [-0.3, -0.25) is 28.9 Å². The third-order valence-corrected chi connectivity index (χ3v) is 4.17. The van der Waals surface area contributed by atoms with Crippen molar-refractivity contribution in [2.75, 3.05) is 27.4 Å². The van der Waals surface area contributed by atoms with Gasteiger partial charge in [0.15, 0.2) is 36.6 Å². The molecule has 0 spiro atoms. The Bertz CT molecular complexity index is 748. The van der Waals surface area contributed by atoms with Gasteiger partial charge in [-0.05, 0) is 6.92 Å². The van der Waals surface area contributed by atoms with Crippen molar-refractivity contribution in [3.8, 4) is 0 Å². The number of rotatable bonds is 4. The molecule has 5 amide bonds. The summed E-state index contributed by atoms with van der Waals surface area (Å²) in [5, 5.41) is 59.7. The Kier molecular flexibility index (Phi) is 19.1. The molecule has 0 aromatic carbocycles. The van der Waals surface area contributed by atoms with E-state index in [4.69, 9.17) is 30.6 Å². The van der Waals surface area contributed by atoms with E-state index in [0.717, 1.165) is 0 Å². The molecule has 0 aromatic rings. The maximum absolute atomic E-state index is 10.8. The molecule has 2 aliphatic rings. The fourth-order valence-electron chi connectivity index (χ4n) is 2.14. The molecular weight excluding hydrogens is 530 g/mol. The molecule has 8 unspecified atom stereocenters. The van der Waals surface area contributed by atoms with E-state index in [-0.39, 0.29) is 33.1 Å². The second kappa shape index (κ2) is 18.0. The number of esters is 1. The van der Waals surface area contributed by atoms with E-state index in [9.17, 15) is 28.8 Å². The number of likely N-dealkylation sites (tertiary alicyclic amines) is 1. The van der Waals surface area contributed by atoms with Crippen molar-refractivity contribution in [3.05, 3.63) is 0 Å². The summed E-state index contributed by atoms with van der Waals surface area (Å²) in [7, 11) is 2.49. The molecular formula is C17H34N4O13P2. The van der Waals surface area contributed by atoms with Crippen LogP contribution in [0.25, 0.3) is 0 Å². The standard InChI is InChI=1S/C7H13NO5.C5H8N2O4.C5H7NO4.2H3P/c1-3-13-7(12)5(10)4(9)6(11)8-2;8-2-3(9)5(11)7-1-6-4(2)10;1-6-4(9)2(7)3(8)5(6)10;;/h4-5,9-10H,3H2,1-2H3,(H,8,11);2-3,8-9H,1H2,(H,6,10)(H,7,11);2-3,7-8H,1H3;2*1H3. The number of nitrogens with one attached hydrogen (secondary N) is 3. The zero-order chi connectivity index (χ0) is 26.7. The van der Waals surface area contributed by atoms with Gasteiger partial charge in [0.2, 0.25) is 0 Å². The van der Waals surface area contributed by atoms with Crippen molar-refractivity contribution in [2.24, 2.45) is 0 Å². The number of hydrogen-bond donors (Lipinski definition) is 9. The molecule has 2 fully saturated rings. The lowest BCUT2D eigenvalue weighted by Gasteiger charge is -2.14. The Hall–Kier alpha value is -2.36. The van der Waals surface area contributed by atoms with Crippen molar-refractivity contribution < 1.29 is 64.1 Å². The van der Waals surface area contributed by atoms with Crippen LogP contribution < -0.4 is 16.0 Å². The highest BCUT2D eigenvalue weighted by Crippen LogP contribution is 2.10. The number of ether oxygens (including phenoxy) is 1. The van der Waals surface area contributed by atoms with Gasteiger partial charge in [-0.1, -0.05) is 0 Å². The van der Waals surface area contributed by atoms with Gasteiger partial charge >= 0.3 is 5.97 Å². The highest BCUT2D eigenvalue weighted by Gasteiger charge is 2.43. The summed E-state index contributed by atoms with van der Waals surface area (Å²) in [6.45, 7) is 1.57. The first-order valence-corrected chi connectivity index (χ1v) is 9.56. The van der Waals surface area contributed by atoms with Gasteiger partial charge in [0.05, 0.1) is 13.3 Å². The van der Waals surface area contributed by atoms with E-state index in [1.165, 1.54) is 14.1 Å². The average molecular weight is 564 g/mol. The van der Waals surface area contributed by atoms with Crippen LogP contribution in [0.2, 0.25) is 0 Å². The average Bonchev–Trinajstić information content (AvgIpc) is 2.91. The number of likely N-dealkylation sites (N-methyl/N-ethyl adjacent to an activating group) is 2. The van der Waals surface area contributed by atoms with Gasteiger partial charge in [-0.2, -0.15) is 19.8 Å². The zero-order valence-electron chi connectivity index (χ0n) is 19.8. The van der Waals surface area contributed by atoms with Crippen LogP contribution in [0, 0.1) is 0 Å². The number of imide groups is 1. The lowest BCUT2D eigenvalue weighted by atomic mass is 10.2. The van der Waals surface area contributed by atoms with Crippen LogP contribution in [-0.2, 0) is 33.5 Å². The van der Waals surface area contributed by atoms with E-state index < -0.39 is 72.1 Å². The van der Waals surface area contributed by atoms with E-state index in [2.05, 4.69) is 20.7 Å². The second-order valence-electron chi connectivity index (χ2n) is 6.53. The number of carbonyl (C=O) groups excluding carboxylic acids is 6. The summed E-state index contributed by atoms with van der Waals surface area (Å²) in [4.78, 5) is 64.8. The van der Waals surface area contributed by atoms with Gasteiger partial charge < -0.3 is 51.3 Å². The van der Waals surface area contributed by atoms with Crippen LogP contribution in [0.15, 0.2) is 0 Å². The first-order valence-electron chi connectivity index (χ1n) is 9.56. The van der Waals surface area contributed by atoms with E-state index >= 15 is 0 Å². The number of nitrogens with zero attached hydrogens (tertiary/aromatic N) is 1. The largest absolute Gasteiger partial charge is 0.464 e. The summed E-state index contributed by atoms with van der Waals surface area (Å²) < 4.78 is 4.39. The molecule has 0 aliphatic carbocycles. The van der Waals surface area contributed by atoms with Crippen molar-refractivity contribution in [1.82, 2.24) is 20.9 Å². The fraction of sp³-hybridized carbons (Fsp3) is 0.647. The molecule has 0 bridgehead atoms. The van der Waals surface area contributed by atoms with Crippen molar-refractivity contribution in [1.29, 1.82) is 0 Å². The minimum absolute atomic E-state index is 0. The number of aliphatic hydroxyl groups is 6. The lowest BCUT2D eigenvalue weighted by Crippen LogP contribution is -2.45. The van der Waals surface area contributed by atoms with Crippen molar-refractivity contribution >= 4 is 55.3 Å². The number of aliphatic hydroxyl groups excluding tert-OH is 6. The molecule has 0 aromatic heterocycles. The van der Waals surface area contributed by atoms with Gasteiger partial charge in [-0.25, -0.2) is 4.79 Å². The Labute approximate surface area is 211 Å². The monoisotopic (exact) mass is 564 g/mol. The van der Waals surface area contributed by atoms with Crippen LogP contribution in [0.4, 0.5) is 0 Å². The van der Waals surface area contributed by atoms with Gasteiger partial charge in [-0.15, -0.1) is 0 Å². The summed E-state index contributed by atoms with van der Waals surface area (Å²) in [6, 6.07) is 0. The number of carbonyl (C=O) groups is 6. The molecule has 36 heavy (non-hydrogen) atoms. The number of hydrogen-bond acceptors (Lipinski definition) is 13. The third kappa shape index (κ3) is 10.7. The molecule has 2 heterocycles. The maximum Gasteiger partial charge on any atom is 0.338 e. The first-order chi connectivity index (χ1) is 15.7. The molecule has 0 saturated carbocycles. The summed E-state index contributed by atoms with van der Waals surface area (Å²) in [6.07, 6.45) is -10.1. The van der Waals surface area contributed by atoms with E-state index in [1.807, 2.05) is 0 Å². The van der Waals surface area contributed by atoms with Crippen LogP contribution in [0.5, 0.6) is 0 Å². The highest BCUT2D eigenvalue weighted by molar-refractivity contribution is 6.92. The lowest BCUT2D eigenvalue weighted by molar-refractivity contribution is -0.163. The van der Waals surface area contributed by atoms with Gasteiger partial charge in [0.25, 0.3) is 29.5 Å². The Morgan fingerprint density at radius 1 is 0.917 bits per heavy atom. The van der Waals surface area contributed by atoms with Crippen LogP contribution >= 0.6 is 19.8 Å². The predicted molar refractivity (Wildman–Crippen MR) is 128 cm³/mol. The highest BCUT2D eigenvalue weighted by atomic mass is 31.0. The Morgan fingerprint density at radius 2 is 1.31 bits per heavy atom. The predicted octanol–water partition coefficient (Wildman–Crippen LogP) is -7.25. The molecule has 17 nitrogen and oxygen atoms in total. The SMILES string of the molecule is CCOC(=O)C(O)C(O)C(=O)NC.CN1C(=O)C(O)C(O)C1=O.O=C1NCNC(=O)C(O)C1O.P.P. The Morgan fingerprint density at radius 3 is 1.58 bits per heavy atom. The molecule has 9 N–H and O–H groups in total. The molecule has 0 radical (unpaired) electrons. The van der Waals surface area contributed by atoms with Crippen molar-refractivity contribution in [2.45, 2.75) is 43.5 Å². The van der Waals surface area contributed by atoms with Gasteiger partial charge in [0, 0.05) is 14.1 Å². The van der Waals surface area contributed by atoms with E-state index in [1.54, 1.807) is 6.92 Å². The molecule has 19 heteroatoms. The molecule has 2 rings (SSSR count).